The van der Waals surface area contributed by atoms with E-state index in [1.165, 1.54) is 24.0 Å². The summed E-state index contributed by atoms with van der Waals surface area (Å²) in [6.45, 7) is 12.1. The summed E-state index contributed by atoms with van der Waals surface area (Å²) in [4.78, 5) is 12.1. The fourth-order valence-corrected chi connectivity index (χ4v) is 3.41. The van der Waals surface area contributed by atoms with E-state index in [9.17, 15) is 0 Å². The number of hydrogen-bond donors (Lipinski definition) is 1. The molecule has 23 heavy (non-hydrogen) atoms. The first-order valence-electron chi connectivity index (χ1n) is 8.32. The number of rotatable bonds is 5. The van der Waals surface area contributed by atoms with Gasteiger partial charge in [0.15, 0.2) is 0 Å². The van der Waals surface area contributed by atoms with Gasteiger partial charge in [-0.05, 0) is 43.7 Å². The number of anilines is 1. The van der Waals surface area contributed by atoms with Gasteiger partial charge in [0.05, 0.1) is 11.4 Å². The van der Waals surface area contributed by atoms with E-state index in [4.69, 9.17) is 16.8 Å². The highest BCUT2D eigenvalue weighted by molar-refractivity contribution is 6.14. The van der Waals surface area contributed by atoms with Crippen LogP contribution in [0.15, 0.2) is 36.3 Å². The molecule has 2 fully saturated rings. The molecule has 0 aromatic carbocycles. The molecule has 0 amide bonds. The fraction of sp³-hybridized carbons (Fsp3) is 0.500. The Balaban J connectivity index is 1.63. The minimum Gasteiger partial charge on any atom is -0.367 e. The number of aromatic nitrogens is 1. The monoisotopic (exact) mass is 332 g/mol. The Kier molecular flexibility index (Phi) is 4.81. The molecule has 5 heteroatoms. The van der Waals surface area contributed by atoms with Crippen LogP contribution in [0.3, 0.4) is 0 Å². The molecule has 1 aromatic rings. The first-order chi connectivity index (χ1) is 11.1. The van der Waals surface area contributed by atoms with Crippen LogP contribution in [0.2, 0.25) is 0 Å². The van der Waals surface area contributed by atoms with Gasteiger partial charge in [-0.2, -0.15) is 0 Å². The first kappa shape index (κ1) is 16.2. The quantitative estimate of drug-likeness (QED) is 0.660. The number of halogens is 1. The maximum Gasteiger partial charge on any atom is 0.131 e. The predicted molar refractivity (Wildman–Crippen MR) is 96.6 cm³/mol. The van der Waals surface area contributed by atoms with Crippen LogP contribution in [-0.4, -0.2) is 36.1 Å². The van der Waals surface area contributed by atoms with Crippen LogP contribution in [0, 0.1) is 6.92 Å². The van der Waals surface area contributed by atoms with E-state index >= 15 is 0 Å². The standard InChI is InChI=1S/C18H25ClN4/c1-4-17(21-19)14(3)22-7-9-23(10-8-22)18-13(2)11-16(12-20-18)15-5-6-15/h4,11-12,15,21H,3,5-10H2,1-2H3/b17-4-. The SMILES string of the molecule is C=C(/C(=C/C)NCl)N1CCN(c2ncc(C3CC3)cc2C)CC1. The second kappa shape index (κ2) is 6.83. The molecule has 0 spiro atoms. The molecule has 1 aliphatic heterocycles. The lowest BCUT2D eigenvalue weighted by molar-refractivity contribution is 0.325. The van der Waals surface area contributed by atoms with Crippen molar-refractivity contribution in [1.82, 2.24) is 14.7 Å². The van der Waals surface area contributed by atoms with Crippen molar-refractivity contribution in [2.75, 3.05) is 31.1 Å². The zero-order valence-electron chi connectivity index (χ0n) is 14.0. The highest BCUT2D eigenvalue weighted by Crippen LogP contribution is 2.40. The van der Waals surface area contributed by atoms with E-state index in [-0.39, 0.29) is 0 Å². The van der Waals surface area contributed by atoms with Gasteiger partial charge in [0, 0.05) is 44.2 Å². The number of allylic oxidation sites excluding steroid dienone is 1. The predicted octanol–water partition coefficient (Wildman–Crippen LogP) is 3.55. The molecule has 0 radical (unpaired) electrons. The largest absolute Gasteiger partial charge is 0.367 e. The van der Waals surface area contributed by atoms with Crippen molar-refractivity contribution in [1.29, 1.82) is 0 Å². The Morgan fingerprint density at radius 1 is 1.35 bits per heavy atom. The van der Waals surface area contributed by atoms with Gasteiger partial charge in [0.2, 0.25) is 0 Å². The molecule has 0 atom stereocenters. The maximum atomic E-state index is 5.75. The Morgan fingerprint density at radius 2 is 2.04 bits per heavy atom. The third-order valence-corrected chi connectivity index (χ3v) is 4.99. The van der Waals surface area contributed by atoms with Gasteiger partial charge in [-0.25, -0.2) is 4.98 Å². The van der Waals surface area contributed by atoms with Crippen LogP contribution >= 0.6 is 11.8 Å². The lowest BCUT2D eigenvalue weighted by Gasteiger charge is -2.38. The summed E-state index contributed by atoms with van der Waals surface area (Å²) in [5, 5.41) is 0. The molecular formula is C18H25ClN4. The van der Waals surface area contributed by atoms with Crippen molar-refractivity contribution < 1.29 is 0 Å². The lowest BCUT2D eigenvalue weighted by atomic mass is 10.1. The van der Waals surface area contributed by atoms with Gasteiger partial charge in [0.1, 0.15) is 5.82 Å². The Bertz CT molecular complexity index is 613. The summed E-state index contributed by atoms with van der Waals surface area (Å²) in [7, 11) is 0. The molecule has 0 bridgehead atoms. The van der Waals surface area contributed by atoms with Crippen LogP contribution in [-0.2, 0) is 0 Å². The van der Waals surface area contributed by atoms with Crippen LogP contribution in [0.5, 0.6) is 0 Å². The van der Waals surface area contributed by atoms with Gasteiger partial charge >= 0.3 is 0 Å². The summed E-state index contributed by atoms with van der Waals surface area (Å²) >= 11 is 5.75. The first-order valence-corrected chi connectivity index (χ1v) is 8.70. The van der Waals surface area contributed by atoms with Gasteiger partial charge < -0.3 is 9.80 Å². The minimum absolute atomic E-state index is 0.762. The van der Waals surface area contributed by atoms with Crippen molar-refractivity contribution in [2.24, 2.45) is 0 Å². The van der Waals surface area contributed by atoms with Crippen molar-refractivity contribution in [2.45, 2.75) is 32.6 Å². The van der Waals surface area contributed by atoms with E-state index in [2.05, 4.69) is 40.4 Å². The number of nitrogens with zero attached hydrogens (tertiary/aromatic N) is 3. The second-order valence-corrected chi connectivity index (χ2v) is 6.59. The molecule has 1 N–H and O–H groups in total. The van der Waals surface area contributed by atoms with Gasteiger partial charge in [-0.15, -0.1) is 0 Å². The number of nitrogens with one attached hydrogen (secondary N) is 1. The molecule has 2 heterocycles. The third kappa shape index (κ3) is 3.47. The number of hydrogen-bond acceptors (Lipinski definition) is 4. The van der Waals surface area contributed by atoms with Crippen LogP contribution < -0.4 is 9.74 Å². The topological polar surface area (TPSA) is 31.4 Å². The summed E-state index contributed by atoms with van der Waals surface area (Å²) in [5.41, 5.74) is 4.53. The van der Waals surface area contributed by atoms with E-state index in [1.54, 1.807) is 0 Å². The molecule has 1 aromatic heterocycles. The van der Waals surface area contributed by atoms with Crippen LogP contribution in [0.1, 0.15) is 36.8 Å². The molecule has 2 aliphatic rings. The second-order valence-electron chi connectivity index (χ2n) is 6.40. The van der Waals surface area contributed by atoms with E-state index in [0.717, 1.165) is 49.3 Å². The van der Waals surface area contributed by atoms with E-state index in [0.29, 0.717) is 0 Å². The molecule has 124 valence electrons. The van der Waals surface area contributed by atoms with Crippen LogP contribution in [0.25, 0.3) is 0 Å². The normalized spacial score (nSPS) is 19.0. The summed E-state index contributed by atoms with van der Waals surface area (Å²) in [6, 6.07) is 2.32. The number of pyridine rings is 1. The fourth-order valence-electron chi connectivity index (χ4n) is 3.19. The van der Waals surface area contributed by atoms with Crippen LogP contribution in [0.4, 0.5) is 5.82 Å². The summed E-state index contributed by atoms with van der Waals surface area (Å²) in [5.74, 6) is 1.89. The molecule has 1 saturated carbocycles. The van der Waals surface area contributed by atoms with Gasteiger partial charge in [-0.1, -0.05) is 18.7 Å². The maximum absolute atomic E-state index is 5.75. The molecule has 3 rings (SSSR count). The third-order valence-electron chi connectivity index (χ3n) is 4.78. The van der Waals surface area contributed by atoms with Crippen molar-refractivity contribution in [3.8, 4) is 0 Å². The van der Waals surface area contributed by atoms with Gasteiger partial charge in [0.25, 0.3) is 0 Å². The molecule has 1 aliphatic carbocycles. The van der Waals surface area contributed by atoms with Crippen molar-refractivity contribution in [3.63, 3.8) is 0 Å². The van der Waals surface area contributed by atoms with E-state index < -0.39 is 0 Å². The highest BCUT2D eigenvalue weighted by Gasteiger charge is 2.26. The minimum atomic E-state index is 0.762. The Morgan fingerprint density at radius 3 is 2.57 bits per heavy atom. The van der Waals surface area contributed by atoms with Crippen molar-refractivity contribution >= 4 is 17.6 Å². The Labute approximate surface area is 143 Å². The average Bonchev–Trinajstić information content (AvgIpc) is 3.41. The smallest absolute Gasteiger partial charge is 0.131 e. The molecule has 0 unspecified atom stereocenters. The number of aryl methyl sites for hydroxylation is 1. The zero-order valence-corrected chi connectivity index (χ0v) is 14.7. The molecule has 1 saturated heterocycles. The zero-order chi connectivity index (χ0) is 16.4. The highest BCUT2D eigenvalue weighted by atomic mass is 35.5. The van der Waals surface area contributed by atoms with Crippen molar-refractivity contribution in [3.05, 3.63) is 47.4 Å². The molecular weight excluding hydrogens is 308 g/mol. The molecule has 4 nitrogen and oxygen atoms in total. The summed E-state index contributed by atoms with van der Waals surface area (Å²) in [6.07, 6.45) is 6.66. The number of piperazine rings is 1. The lowest BCUT2D eigenvalue weighted by Crippen LogP contribution is -2.46. The average molecular weight is 333 g/mol. The Hall–Kier alpha value is -1.68. The summed E-state index contributed by atoms with van der Waals surface area (Å²) < 4.78 is 0. The van der Waals surface area contributed by atoms with E-state index in [1.807, 2.05) is 13.0 Å². The van der Waals surface area contributed by atoms with Gasteiger partial charge in [-0.3, -0.25) is 4.84 Å².